The maximum atomic E-state index is 6.02. The smallest absolute Gasteiger partial charge is 0.178 e. The van der Waals surface area contributed by atoms with Crippen LogP contribution >= 0.6 is 11.3 Å². The van der Waals surface area contributed by atoms with Crippen molar-refractivity contribution in [3.05, 3.63) is 60.0 Å². The summed E-state index contributed by atoms with van der Waals surface area (Å²) in [5.74, 6) is 1.16. The van der Waals surface area contributed by atoms with E-state index in [9.17, 15) is 0 Å². The van der Waals surface area contributed by atoms with Crippen molar-refractivity contribution in [1.82, 2.24) is 5.16 Å². The third-order valence-electron chi connectivity index (χ3n) is 3.52. The summed E-state index contributed by atoms with van der Waals surface area (Å²) >= 11 is 1.63. The van der Waals surface area contributed by atoms with Crippen molar-refractivity contribution in [2.75, 3.05) is 5.73 Å². The Bertz CT molecular complexity index is 904. The number of hydrogen-bond acceptors (Lipinski definition) is 4. The minimum absolute atomic E-state index is 0.431. The van der Waals surface area contributed by atoms with Gasteiger partial charge in [0.1, 0.15) is 0 Å². The predicted molar refractivity (Wildman–Crippen MR) is 87.2 cm³/mol. The molecule has 2 aromatic carbocycles. The molecule has 21 heavy (non-hydrogen) atoms. The molecule has 0 aliphatic rings. The maximum Gasteiger partial charge on any atom is 0.178 e. The van der Waals surface area contributed by atoms with Gasteiger partial charge < -0.3 is 10.3 Å². The highest BCUT2D eigenvalue weighted by molar-refractivity contribution is 7.13. The van der Waals surface area contributed by atoms with Crippen LogP contribution in [0.15, 0.2) is 64.5 Å². The highest BCUT2D eigenvalue weighted by Crippen LogP contribution is 2.40. The molecule has 0 amide bonds. The molecule has 0 saturated carbocycles. The number of nitrogens with zero attached hydrogens (tertiary/aromatic N) is 1. The summed E-state index contributed by atoms with van der Waals surface area (Å²) in [7, 11) is 0. The summed E-state index contributed by atoms with van der Waals surface area (Å²) in [6.07, 6.45) is 0. The lowest BCUT2D eigenvalue weighted by atomic mass is 10.00. The van der Waals surface area contributed by atoms with Gasteiger partial charge in [-0.1, -0.05) is 53.7 Å². The molecule has 2 N–H and O–H groups in total. The van der Waals surface area contributed by atoms with Crippen molar-refractivity contribution in [2.24, 2.45) is 0 Å². The average Bonchev–Trinajstić information content (AvgIpc) is 3.16. The van der Waals surface area contributed by atoms with Crippen molar-refractivity contribution in [3.63, 3.8) is 0 Å². The van der Waals surface area contributed by atoms with E-state index in [0.29, 0.717) is 5.82 Å². The van der Waals surface area contributed by atoms with Gasteiger partial charge in [-0.15, -0.1) is 11.3 Å². The zero-order valence-corrected chi connectivity index (χ0v) is 11.9. The lowest BCUT2D eigenvalue weighted by Gasteiger charge is -2.05. The lowest BCUT2D eigenvalue weighted by Crippen LogP contribution is -1.87. The predicted octanol–water partition coefficient (Wildman–Crippen LogP) is 4.81. The van der Waals surface area contributed by atoms with Gasteiger partial charge in [-0.05, 0) is 22.2 Å². The van der Waals surface area contributed by atoms with Gasteiger partial charge >= 0.3 is 0 Å². The molecular weight excluding hydrogens is 280 g/mol. The zero-order valence-electron chi connectivity index (χ0n) is 11.1. The first-order valence-electron chi connectivity index (χ1n) is 6.62. The van der Waals surface area contributed by atoms with E-state index in [-0.39, 0.29) is 0 Å². The van der Waals surface area contributed by atoms with Crippen molar-refractivity contribution >= 4 is 27.9 Å². The first-order chi connectivity index (χ1) is 10.3. The summed E-state index contributed by atoms with van der Waals surface area (Å²) in [5.41, 5.74) is 7.91. The van der Waals surface area contributed by atoms with E-state index >= 15 is 0 Å². The summed E-state index contributed by atoms with van der Waals surface area (Å²) in [6.45, 7) is 0. The number of benzene rings is 2. The average molecular weight is 292 g/mol. The van der Waals surface area contributed by atoms with Gasteiger partial charge in [0.15, 0.2) is 11.6 Å². The van der Waals surface area contributed by atoms with Crippen LogP contribution in [0.25, 0.3) is 32.5 Å². The largest absolute Gasteiger partial charge is 0.380 e. The number of thiophene rings is 1. The van der Waals surface area contributed by atoms with Crippen molar-refractivity contribution in [1.29, 1.82) is 0 Å². The number of rotatable bonds is 2. The molecule has 0 spiro atoms. The number of nitrogens with two attached hydrogens (primary N) is 1. The first-order valence-corrected chi connectivity index (χ1v) is 7.50. The Balaban J connectivity index is 2.03. The summed E-state index contributed by atoms with van der Waals surface area (Å²) in [4.78, 5) is 1.07. The third kappa shape index (κ3) is 1.92. The second-order valence-corrected chi connectivity index (χ2v) is 5.72. The molecule has 0 radical (unpaired) electrons. The fourth-order valence-corrected chi connectivity index (χ4v) is 3.34. The Morgan fingerprint density at radius 3 is 2.67 bits per heavy atom. The second kappa shape index (κ2) is 4.75. The molecule has 4 heteroatoms. The van der Waals surface area contributed by atoms with Crippen LogP contribution in [0.4, 0.5) is 5.82 Å². The number of aromatic nitrogens is 1. The van der Waals surface area contributed by atoms with Gasteiger partial charge in [-0.25, -0.2) is 0 Å². The molecule has 0 atom stereocenters. The normalized spacial score (nSPS) is 11.0. The minimum Gasteiger partial charge on any atom is -0.380 e. The Morgan fingerprint density at radius 2 is 1.81 bits per heavy atom. The Labute approximate surface area is 125 Å². The van der Waals surface area contributed by atoms with Crippen LogP contribution < -0.4 is 5.73 Å². The van der Waals surface area contributed by atoms with Crippen molar-refractivity contribution < 1.29 is 4.52 Å². The highest BCUT2D eigenvalue weighted by atomic mass is 32.1. The molecule has 2 aromatic heterocycles. The number of fused-ring (bicyclic) bond motifs is 1. The van der Waals surface area contributed by atoms with Crippen LogP contribution in [0.2, 0.25) is 0 Å². The van der Waals surface area contributed by atoms with E-state index in [1.807, 2.05) is 41.8 Å². The van der Waals surface area contributed by atoms with E-state index in [0.717, 1.165) is 27.2 Å². The first kappa shape index (κ1) is 12.2. The van der Waals surface area contributed by atoms with Crippen LogP contribution in [0, 0.1) is 0 Å². The van der Waals surface area contributed by atoms with E-state index in [2.05, 4.69) is 23.4 Å². The van der Waals surface area contributed by atoms with Crippen LogP contribution in [0.3, 0.4) is 0 Å². The van der Waals surface area contributed by atoms with Gasteiger partial charge in [0, 0.05) is 10.4 Å². The van der Waals surface area contributed by atoms with Gasteiger partial charge in [-0.2, -0.15) is 0 Å². The molecule has 0 bridgehead atoms. The molecular formula is C17H12N2OS. The monoisotopic (exact) mass is 292 g/mol. The lowest BCUT2D eigenvalue weighted by molar-refractivity contribution is 0.436. The fraction of sp³-hybridized carbons (Fsp3) is 0. The molecule has 0 saturated heterocycles. The van der Waals surface area contributed by atoms with E-state index in [1.165, 1.54) is 5.39 Å². The maximum absolute atomic E-state index is 6.02. The topological polar surface area (TPSA) is 52.0 Å². The van der Waals surface area contributed by atoms with Crippen LogP contribution in [0.1, 0.15) is 0 Å². The second-order valence-electron chi connectivity index (χ2n) is 4.78. The third-order valence-corrected chi connectivity index (χ3v) is 4.41. The van der Waals surface area contributed by atoms with Gasteiger partial charge in [0.05, 0.1) is 5.56 Å². The molecule has 0 aliphatic heterocycles. The summed E-state index contributed by atoms with van der Waals surface area (Å²) < 4.78 is 5.55. The molecule has 0 aliphatic carbocycles. The van der Waals surface area contributed by atoms with Gasteiger partial charge in [-0.3, -0.25) is 0 Å². The van der Waals surface area contributed by atoms with Crippen LogP contribution in [0.5, 0.6) is 0 Å². The quantitative estimate of drug-likeness (QED) is 0.577. The van der Waals surface area contributed by atoms with Crippen molar-refractivity contribution in [3.8, 4) is 21.8 Å². The molecule has 4 rings (SSSR count). The summed E-state index contributed by atoms with van der Waals surface area (Å²) in [6, 6.07) is 18.4. The molecule has 3 nitrogen and oxygen atoms in total. The number of anilines is 1. The number of hydrogen-bond donors (Lipinski definition) is 1. The van der Waals surface area contributed by atoms with E-state index < -0.39 is 0 Å². The summed E-state index contributed by atoms with van der Waals surface area (Å²) in [5, 5.41) is 8.29. The Morgan fingerprint density at radius 1 is 0.952 bits per heavy atom. The Hall–Kier alpha value is -2.59. The van der Waals surface area contributed by atoms with E-state index in [4.69, 9.17) is 10.3 Å². The van der Waals surface area contributed by atoms with E-state index in [1.54, 1.807) is 11.3 Å². The molecule has 102 valence electrons. The SMILES string of the molecule is Nc1noc(-c2cccc3ccccc23)c1-c1cccs1. The zero-order chi connectivity index (χ0) is 14.2. The fourth-order valence-electron chi connectivity index (χ4n) is 2.57. The molecule has 0 fully saturated rings. The van der Waals surface area contributed by atoms with Gasteiger partial charge in [0.25, 0.3) is 0 Å². The van der Waals surface area contributed by atoms with Crippen LogP contribution in [-0.4, -0.2) is 5.16 Å². The standard InChI is InChI=1S/C17H12N2OS/c18-17-15(14-9-4-10-21-14)16(20-19-17)13-8-3-6-11-5-1-2-7-12(11)13/h1-10H,(H2,18,19). The molecule has 4 aromatic rings. The van der Waals surface area contributed by atoms with Gasteiger partial charge in [0.2, 0.25) is 0 Å². The minimum atomic E-state index is 0.431. The van der Waals surface area contributed by atoms with Crippen LogP contribution in [-0.2, 0) is 0 Å². The molecule has 0 unspecified atom stereocenters. The van der Waals surface area contributed by atoms with Crippen molar-refractivity contribution in [2.45, 2.75) is 0 Å². The highest BCUT2D eigenvalue weighted by Gasteiger charge is 2.19. The molecule has 2 heterocycles. The Kier molecular flexibility index (Phi) is 2.75. The number of nitrogen functional groups attached to an aromatic ring is 1.